The van der Waals surface area contributed by atoms with E-state index in [0.717, 1.165) is 67.4 Å². The van der Waals surface area contributed by atoms with Crippen molar-refractivity contribution in [3.05, 3.63) is 223 Å². The molecule has 3 aromatic heterocycles. The van der Waals surface area contributed by atoms with Gasteiger partial charge in [0.25, 0.3) is 0 Å². The first-order valence-electron chi connectivity index (χ1n) is 23.4. The number of furan rings is 1. The topological polar surface area (TPSA) is 56.7 Å². The molecule has 0 bridgehead atoms. The lowest BCUT2D eigenvalue weighted by atomic mass is 9.89. The maximum absolute atomic E-state index is 6.51. The van der Waals surface area contributed by atoms with Crippen LogP contribution in [0.4, 0.5) is 0 Å². The van der Waals surface area contributed by atoms with Crippen LogP contribution in [0, 0.1) is 5.92 Å². The molecule has 5 nitrogen and oxygen atoms in total. The summed E-state index contributed by atoms with van der Waals surface area (Å²) in [6.07, 6.45) is 3.62. The van der Waals surface area contributed by atoms with Gasteiger partial charge in [-0.15, -0.1) is 0 Å². The van der Waals surface area contributed by atoms with Gasteiger partial charge in [-0.05, 0) is 104 Å². The second-order valence-corrected chi connectivity index (χ2v) is 17.5. The second kappa shape index (κ2) is 15.6. The van der Waals surface area contributed by atoms with Crippen molar-refractivity contribution in [2.75, 3.05) is 0 Å². The van der Waals surface area contributed by atoms with Gasteiger partial charge in [0.1, 0.15) is 11.2 Å². The van der Waals surface area contributed by atoms with Gasteiger partial charge in [0.15, 0.2) is 11.6 Å². The molecule has 318 valence electrons. The summed E-state index contributed by atoms with van der Waals surface area (Å²) in [6.45, 7) is 4.00. The molecule has 67 heavy (non-hydrogen) atoms. The SMILES string of the molecule is C1=C(c2ccc3oc4ccc5ccccc5c4c3c2)c2c(c3cc4ccccc4cc3n2-c2nc(-c3ccc(-c4ccccc4)cc3)nc(-c3ccc(-c4ccccc4)cc3)n2)C2CC12.CC. The van der Waals surface area contributed by atoms with Crippen LogP contribution < -0.4 is 0 Å². The average Bonchev–Trinajstić information content (AvgIpc) is 3.98. The number of fused-ring (bicyclic) bond motifs is 11. The molecule has 1 fully saturated rings. The summed E-state index contributed by atoms with van der Waals surface area (Å²) in [4.78, 5) is 16.2. The van der Waals surface area contributed by atoms with E-state index < -0.39 is 0 Å². The zero-order valence-corrected chi connectivity index (χ0v) is 37.2. The Balaban J connectivity index is 0.00000220. The van der Waals surface area contributed by atoms with Crippen molar-refractivity contribution in [1.29, 1.82) is 0 Å². The normalized spacial score (nSPS) is 15.0. The molecule has 9 aromatic carbocycles. The zero-order chi connectivity index (χ0) is 44.6. The van der Waals surface area contributed by atoms with Crippen molar-refractivity contribution in [1.82, 2.24) is 19.5 Å². The lowest BCUT2D eigenvalue weighted by Gasteiger charge is -2.19. The molecule has 5 heteroatoms. The number of allylic oxidation sites excluding steroid dienone is 1. The quantitative estimate of drug-likeness (QED) is 0.167. The molecule has 2 aliphatic rings. The molecule has 0 amide bonds. The fourth-order valence-electron chi connectivity index (χ4n) is 10.4. The third kappa shape index (κ3) is 6.49. The Bertz CT molecular complexity index is 3800. The second-order valence-electron chi connectivity index (χ2n) is 17.5. The highest BCUT2D eigenvalue weighted by Gasteiger charge is 2.45. The zero-order valence-electron chi connectivity index (χ0n) is 37.2. The minimum Gasteiger partial charge on any atom is -0.456 e. The highest BCUT2D eigenvalue weighted by molar-refractivity contribution is 6.19. The summed E-state index contributed by atoms with van der Waals surface area (Å²) in [6, 6.07) is 71.1. The van der Waals surface area contributed by atoms with Crippen LogP contribution in [0.5, 0.6) is 0 Å². The van der Waals surface area contributed by atoms with E-state index in [-0.39, 0.29) is 0 Å². The number of rotatable bonds is 6. The van der Waals surface area contributed by atoms with Crippen LogP contribution in [0.25, 0.3) is 111 Å². The number of hydrogen-bond acceptors (Lipinski definition) is 4. The first kappa shape index (κ1) is 39.0. The lowest BCUT2D eigenvalue weighted by Crippen LogP contribution is -2.11. The summed E-state index contributed by atoms with van der Waals surface area (Å²) < 4.78 is 8.85. The maximum Gasteiger partial charge on any atom is 0.238 e. The Morgan fingerprint density at radius 3 is 1.64 bits per heavy atom. The summed E-state index contributed by atoms with van der Waals surface area (Å²) in [7, 11) is 0. The van der Waals surface area contributed by atoms with Crippen LogP contribution in [0.3, 0.4) is 0 Å². The number of hydrogen-bond donors (Lipinski definition) is 0. The van der Waals surface area contributed by atoms with Crippen molar-refractivity contribution < 1.29 is 4.42 Å². The smallest absolute Gasteiger partial charge is 0.238 e. The largest absolute Gasteiger partial charge is 0.456 e. The molecular formula is C62H44N4O. The molecule has 12 aromatic rings. The van der Waals surface area contributed by atoms with Crippen molar-refractivity contribution in [2.24, 2.45) is 5.92 Å². The van der Waals surface area contributed by atoms with Crippen molar-refractivity contribution in [3.63, 3.8) is 0 Å². The minimum absolute atomic E-state index is 0.415. The predicted octanol–water partition coefficient (Wildman–Crippen LogP) is 16.3. The highest BCUT2D eigenvalue weighted by atomic mass is 16.3. The van der Waals surface area contributed by atoms with Crippen LogP contribution >= 0.6 is 0 Å². The third-order valence-electron chi connectivity index (χ3n) is 13.7. The van der Waals surface area contributed by atoms with Crippen molar-refractivity contribution in [3.8, 4) is 51.0 Å². The Hall–Kier alpha value is -8.41. The van der Waals surface area contributed by atoms with Gasteiger partial charge >= 0.3 is 0 Å². The third-order valence-corrected chi connectivity index (χ3v) is 13.7. The molecule has 2 atom stereocenters. The van der Waals surface area contributed by atoms with Gasteiger partial charge in [0.05, 0.1) is 11.2 Å². The summed E-state index contributed by atoms with van der Waals surface area (Å²) >= 11 is 0. The maximum atomic E-state index is 6.51. The van der Waals surface area contributed by atoms with Crippen molar-refractivity contribution in [2.45, 2.75) is 26.2 Å². The molecule has 14 rings (SSSR count). The highest BCUT2D eigenvalue weighted by Crippen LogP contribution is 2.59. The van der Waals surface area contributed by atoms with Gasteiger partial charge < -0.3 is 4.42 Å². The molecule has 2 aliphatic carbocycles. The average molecular weight is 861 g/mol. The van der Waals surface area contributed by atoms with E-state index in [0.29, 0.717) is 29.4 Å². The van der Waals surface area contributed by atoms with Crippen LogP contribution in [0.2, 0.25) is 0 Å². The van der Waals surface area contributed by atoms with Gasteiger partial charge in [0.2, 0.25) is 5.95 Å². The van der Waals surface area contributed by atoms with Gasteiger partial charge in [-0.1, -0.05) is 190 Å². The van der Waals surface area contributed by atoms with Crippen molar-refractivity contribution >= 4 is 60.0 Å². The molecule has 0 radical (unpaired) electrons. The van der Waals surface area contributed by atoms with Crippen LogP contribution in [-0.2, 0) is 0 Å². The monoisotopic (exact) mass is 860 g/mol. The van der Waals surface area contributed by atoms with E-state index >= 15 is 0 Å². The van der Waals surface area contributed by atoms with E-state index in [2.05, 4.69) is 199 Å². The predicted molar refractivity (Wildman–Crippen MR) is 276 cm³/mol. The van der Waals surface area contributed by atoms with E-state index in [1.807, 2.05) is 26.0 Å². The van der Waals surface area contributed by atoms with Crippen LogP contribution in [0.15, 0.2) is 211 Å². The molecular weight excluding hydrogens is 817 g/mol. The van der Waals surface area contributed by atoms with E-state index in [4.69, 9.17) is 19.4 Å². The number of aromatic nitrogens is 4. The van der Waals surface area contributed by atoms with Gasteiger partial charge in [0, 0.05) is 32.9 Å². The molecule has 0 aliphatic heterocycles. The first-order valence-corrected chi connectivity index (χ1v) is 23.4. The van der Waals surface area contributed by atoms with Crippen LogP contribution in [-0.4, -0.2) is 19.5 Å². The summed E-state index contributed by atoms with van der Waals surface area (Å²) in [5, 5.41) is 8.31. The van der Waals surface area contributed by atoms with Gasteiger partial charge in [-0.25, -0.2) is 4.98 Å². The molecule has 0 spiro atoms. The molecule has 0 saturated heterocycles. The van der Waals surface area contributed by atoms with Gasteiger partial charge in [-0.2, -0.15) is 9.97 Å². The van der Waals surface area contributed by atoms with Crippen LogP contribution in [0.1, 0.15) is 43.0 Å². The van der Waals surface area contributed by atoms with E-state index in [9.17, 15) is 0 Å². The standard InChI is InChI=1S/C60H38N4O.C2H6/c1-3-11-36(12-4-1)38-19-23-41(24-20-38)58-61-59(42-25-21-39(22-26-42)37-13-5-2-6-14-37)63-60(62-58)64-52-35-44-17-8-7-16-43(44)31-50(52)56-48-33-46(48)34-49(57(56)64)45-28-29-53-51(32-45)55-47-18-10-9-15-40(47)27-30-54(55)65-53;1-2/h1-32,34-35,46,48H,33H2;1-2H3. The Morgan fingerprint density at radius 1 is 0.448 bits per heavy atom. The molecule has 2 unspecified atom stereocenters. The fourth-order valence-corrected chi connectivity index (χ4v) is 10.4. The van der Waals surface area contributed by atoms with E-state index in [1.165, 1.54) is 49.2 Å². The fraction of sp³-hybridized carbons (Fsp3) is 0.0806. The number of benzene rings is 9. The number of nitrogens with zero attached hydrogens (tertiary/aromatic N) is 4. The molecule has 1 saturated carbocycles. The molecule has 3 heterocycles. The first-order chi connectivity index (χ1) is 33.2. The Labute approximate surface area is 388 Å². The lowest BCUT2D eigenvalue weighted by molar-refractivity contribution is 0.669. The Morgan fingerprint density at radius 2 is 0.985 bits per heavy atom. The van der Waals surface area contributed by atoms with E-state index in [1.54, 1.807) is 0 Å². The molecule has 0 N–H and O–H groups in total. The minimum atomic E-state index is 0.415. The Kier molecular flexibility index (Phi) is 9.10. The van der Waals surface area contributed by atoms with Gasteiger partial charge in [-0.3, -0.25) is 4.57 Å². The summed E-state index contributed by atoms with van der Waals surface area (Å²) in [5.41, 5.74) is 14.2. The summed E-state index contributed by atoms with van der Waals surface area (Å²) in [5.74, 6) is 2.71.